The molecule has 0 heterocycles. The Morgan fingerprint density at radius 2 is 1.04 bits per heavy atom. The summed E-state index contributed by atoms with van der Waals surface area (Å²) in [6.45, 7) is 0. The number of hydrogen-bond donors (Lipinski definition) is 0. The molecule has 0 saturated carbocycles. The van der Waals surface area contributed by atoms with Crippen molar-refractivity contribution >= 4 is 35.1 Å². The van der Waals surface area contributed by atoms with Crippen LogP contribution in [0.25, 0.3) is 12.2 Å². The predicted octanol–water partition coefficient (Wildman–Crippen LogP) is 3.37. The zero-order valence-corrected chi connectivity index (χ0v) is 13.3. The van der Waals surface area contributed by atoms with Crippen LogP contribution in [0, 0.1) is 20.2 Å². The number of hydrogen-bond acceptors (Lipinski definition) is 6. The molecule has 0 radical (unpaired) electrons. The van der Waals surface area contributed by atoms with Crippen molar-refractivity contribution in [3.05, 3.63) is 92.0 Å². The fraction of sp³-hybridized carbons (Fsp3) is 0. The summed E-state index contributed by atoms with van der Waals surface area (Å²) in [5, 5.41) is 21.8. The predicted molar refractivity (Wildman–Crippen MR) is 94.3 cm³/mol. The minimum atomic E-state index is -0.905. The van der Waals surface area contributed by atoms with E-state index < -0.39 is 21.4 Å². The van der Waals surface area contributed by atoms with E-state index in [1.807, 2.05) is 0 Å². The van der Waals surface area contributed by atoms with E-state index in [4.69, 9.17) is 0 Å². The van der Waals surface area contributed by atoms with Gasteiger partial charge in [0, 0.05) is 12.1 Å². The number of ketones is 2. The molecule has 0 amide bonds. The highest BCUT2D eigenvalue weighted by atomic mass is 16.6. The highest BCUT2D eigenvalue weighted by Gasteiger charge is 2.13. The van der Waals surface area contributed by atoms with Gasteiger partial charge in [-0.25, -0.2) is 0 Å². The molecule has 0 aliphatic carbocycles. The molecule has 0 bridgehead atoms. The van der Waals surface area contributed by atoms with E-state index in [2.05, 4.69) is 0 Å². The summed E-state index contributed by atoms with van der Waals surface area (Å²) < 4.78 is 0. The van der Waals surface area contributed by atoms with Gasteiger partial charge in [0.15, 0.2) is 0 Å². The Bertz CT molecular complexity index is 869. The first kappa shape index (κ1) is 18.4. The van der Waals surface area contributed by atoms with Gasteiger partial charge in [-0.05, 0) is 36.4 Å². The highest BCUT2D eigenvalue weighted by molar-refractivity contribution is 6.46. The Hall–Kier alpha value is -3.94. The van der Waals surface area contributed by atoms with Crippen LogP contribution in [0.5, 0.6) is 0 Å². The van der Waals surface area contributed by atoms with Crippen LogP contribution in [0.3, 0.4) is 0 Å². The van der Waals surface area contributed by atoms with E-state index in [1.54, 1.807) is 12.1 Å². The molecule has 2 aromatic carbocycles. The van der Waals surface area contributed by atoms with Crippen molar-refractivity contribution in [1.29, 1.82) is 0 Å². The number of carbonyl (C=O) groups is 2. The van der Waals surface area contributed by atoms with Gasteiger partial charge < -0.3 is 0 Å². The molecule has 2 aromatic rings. The monoisotopic (exact) mass is 352 g/mol. The third-order valence-corrected chi connectivity index (χ3v) is 3.34. The molecule has 0 unspecified atom stereocenters. The summed E-state index contributed by atoms with van der Waals surface area (Å²) >= 11 is 0. The lowest BCUT2D eigenvalue weighted by Crippen LogP contribution is -2.07. The van der Waals surface area contributed by atoms with Crippen LogP contribution in [-0.4, -0.2) is 21.4 Å². The zero-order valence-electron chi connectivity index (χ0n) is 13.3. The molecule has 8 heteroatoms. The lowest BCUT2D eigenvalue weighted by atomic mass is 10.1. The number of nitro groups is 2. The molecule has 26 heavy (non-hydrogen) atoms. The van der Waals surface area contributed by atoms with E-state index >= 15 is 0 Å². The van der Waals surface area contributed by atoms with E-state index in [1.165, 1.54) is 48.6 Å². The fourth-order valence-corrected chi connectivity index (χ4v) is 2.08. The van der Waals surface area contributed by atoms with E-state index in [0.717, 1.165) is 12.2 Å². The Labute approximate surface area is 147 Å². The van der Waals surface area contributed by atoms with Crippen molar-refractivity contribution in [3.8, 4) is 0 Å². The lowest BCUT2D eigenvalue weighted by Gasteiger charge is -1.96. The molecule has 0 fully saturated rings. The van der Waals surface area contributed by atoms with Gasteiger partial charge in [-0.3, -0.25) is 29.8 Å². The second kappa shape index (κ2) is 8.25. The van der Waals surface area contributed by atoms with Gasteiger partial charge >= 0.3 is 0 Å². The number of nitrogens with zero attached hydrogens (tertiary/aromatic N) is 2. The molecule has 8 nitrogen and oxygen atoms in total. The maximum absolute atomic E-state index is 11.8. The summed E-state index contributed by atoms with van der Waals surface area (Å²) in [4.78, 5) is 44.3. The molecule has 130 valence electrons. The summed E-state index contributed by atoms with van der Waals surface area (Å²) in [6, 6.07) is 11.5. The number of benzene rings is 2. The van der Waals surface area contributed by atoms with E-state index in [9.17, 15) is 29.8 Å². The van der Waals surface area contributed by atoms with Gasteiger partial charge in [0.25, 0.3) is 11.4 Å². The molecular weight excluding hydrogens is 340 g/mol. The topological polar surface area (TPSA) is 120 Å². The molecular formula is C18H12N2O6. The van der Waals surface area contributed by atoms with Gasteiger partial charge in [-0.15, -0.1) is 0 Å². The zero-order chi connectivity index (χ0) is 19.1. The molecule has 0 spiro atoms. The van der Waals surface area contributed by atoms with Crippen LogP contribution < -0.4 is 0 Å². The quantitative estimate of drug-likeness (QED) is 0.326. The van der Waals surface area contributed by atoms with Crippen molar-refractivity contribution < 1.29 is 19.4 Å². The van der Waals surface area contributed by atoms with Gasteiger partial charge in [0.2, 0.25) is 11.6 Å². The van der Waals surface area contributed by atoms with Gasteiger partial charge in [0.05, 0.1) is 21.0 Å². The summed E-state index contributed by atoms with van der Waals surface area (Å²) in [6.07, 6.45) is 4.21. The Kier molecular flexibility index (Phi) is 5.83. The van der Waals surface area contributed by atoms with E-state index in [-0.39, 0.29) is 22.5 Å². The molecule has 2 rings (SSSR count). The van der Waals surface area contributed by atoms with Crippen LogP contribution >= 0.6 is 0 Å². The molecule has 0 aliphatic rings. The van der Waals surface area contributed by atoms with E-state index in [0.29, 0.717) is 0 Å². The number of allylic oxidation sites excluding steroid dienone is 2. The van der Waals surface area contributed by atoms with Crippen LogP contribution in [-0.2, 0) is 9.59 Å². The second-order valence-corrected chi connectivity index (χ2v) is 5.03. The Balaban J connectivity index is 2.15. The standard InChI is InChI=1S/C18H12N2O6/c21-17(11-9-13-5-1-3-7-15(13)19(23)24)18(22)12-10-14-6-2-4-8-16(14)20(25)26/h1-12H/b11-9-,12-10+. The van der Waals surface area contributed by atoms with Crippen LogP contribution in [0.15, 0.2) is 60.7 Å². The summed E-state index contributed by atoms with van der Waals surface area (Å²) in [5.74, 6) is -1.81. The first-order valence-electron chi connectivity index (χ1n) is 7.31. The largest absolute Gasteiger partial charge is 0.286 e. The smallest absolute Gasteiger partial charge is 0.276 e. The normalized spacial score (nSPS) is 10.9. The molecule has 0 N–H and O–H groups in total. The fourth-order valence-electron chi connectivity index (χ4n) is 2.08. The Morgan fingerprint density at radius 1 is 0.692 bits per heavy atom. The summed E-state index contributed by atoms with van der Waals surface area (Å²) in [7, 11) is 0. The van der Waals surface area contributed by atoms with Crippen LogP contribution in [0.2, 0.25) is 0 Å². The average Bonchev–Trinajstić information content (AvgIpc) is 2.64. The first-order chi connectivity index (χ1) is 12.4. The maximum atomic E-state index is 11.8. The minimum Gasteiger partial charge on any atom is -0.286 e. The SMILES string of the molecule is O=C(/C=C\c1ccccc1[N+](=O)[O-])C(=O)/C=C/c1ccccc1[N+](=O)[O-]. The van der Waals surface area contributed by atoms with Crippen molar-refractivity contribution in [2.75, 3.05) is 0 Å². The Morgan fingerprint density at radius 3 is 1.38 bits per heavy atom. The molecule has 0 atom stereocenters. The number of rotatable bonds is 7. The highest BCUT2D eigenvalue weighted by Crippen LogP contribution is 2.20. The van der Waals surface area contributed by atoms with Gasteiger partial charge in [-0.2, -0.15) is 0 Å². The first-order valence-corrected chi connectivity index (χ1v) is 7.31. The number of nitro benzene ring substituents is 2. The molecule has 0 saturated heterocycles. The van der Waals surface area contributed by atoms with Crippen molar-refractivity contribution in [2.24, 2.45) is 0 Å². The molecule has 0 aromatic heterocycles. The number of para-hydroxylation sites is 2. The maximum Gasteiger partial charge on any atom is 0.276 e. The van der Waals surface area contributed by atoms with Gasteiger partial charge in [0.1, 0.15) is 0 Å². The third kappa shape index (κ3) is 4.54. The van der Waals surface area contributed by atoms with Crippen LogP contribution in [0.4, 0.5) is 11.4 Å². The second-order valence-electron chi connectivity index (χ2n) is 5.03. The molecule has 0 aliphatic heterocycles. The summed E-state index contributed by atoms with van der Waals surface area (Å²) in [5.41, 5.74) is -0.0263. The lowest BCUT2D eigenvalue weighted by molar-refractivity contribution is -0.385. The minimum absolute atomic E-state index is 0.182. The van der Waals surface area contributed by atoms with Crippen molar-refractivity contribution in [3.63, 3.8) is 0 Å². The third-order valence-electron chi connectivity index (χ3n) is 3.34. The van der Waals surface area contributed by atoms with Crippen LogP contribution in [0.1, 0.15) is 11.1 Å². The van der Waals surface area contributed by atoms with Crippen molar-refractivity contribution in [2.45, 2.75) is 0 Å². The van der Waals surface area contributed by atoms with Crippen molar-refractivity contribution in [1.82, 2.24) is 0 Å². The average molecular weight is 352 g/mol. The number of carbonyl (C=O) groups excluding carboxylic acids is 2. The van der Waals surface area contributed by atoms with Gasteiger partial charge in [-0.1, -0.05) is 24.3 Å².